The second kappa shape index (κ2) is 10.9. The minimum Gasteiger partial charge on any atom is -0.493 e. The summed E-state index contributed by atoms with van der Waals surface area (Å²) in [5, 5.41) is 15.3. The number of non-ortho nitro benzene ring substituents is 1. The van der Waals surface area contributed by atoms with E-state index in [2.05, 4.69) is 5.32 Å². The van der Waals surface area contributed by atoms with Crippen LogP contribution in [0.5, 0.6) is 11.5 Å². The number of hydrogen-bond donors (Lipinski definition) is 1. The maximum absolute atomic E-state index is 13.2. The number of anilines is 1. The molecular weight excluding hydrogens is 538 g/mol. The molecule has 1 saturated heterocycles. The zero-order chi connectivity index (χ0) is 28.4. The second-order valence-corrected chi connectivity index (χ2v) is 9.10. The summed E-state index contributed by atoms with van der Waals surface area (Å²) in [6.45, 7) is 0.213. The van der Waals surface area contributed by atoms with Crippen molar-refractivity contribution in [2.75, 3.05) is 12.0 Å². The van der Waals surface area contributed by atoms with Gasteiger partial charge in [0, 0.05) is 12.1 Å². The van der Waals surface area contributed by atoms with Crippen LogP contribution in [0.2, 0.25) is 5.02 Å². The largest absolute Gasteiger partial charge is 0.493 e. The summed E-state index contributed by atoms with van der Waals surface area (Å²) in [5.41, 5.74) is 0.781. The van der Waals surface area contributed by atoms with Gasteiger partial charge >= 0.3 is 6.03 Å². The maximum Gasteiger partial charge on any atom is 0.335 e. The summed E-state index contributed by atoms with van der Waals surface area (Å²) >= 11 is 6.54. The lowest BCUT2D eigenvalue weighted by Gasteiger charge is -2.26. The zero-order valence-corrected chi connectivity index (χ0v) is 21.7. The number of methoxy groups -OCH3 is 1. The van der Waals surface area contributed by atoms with Crippen LogP contribution >= 0.6 is 11.6 Å². The molecule has 4 aromatic carbocycles. The Morgan fingerprint density at radius 2 is 1.73 bits per heavy atom. The van der Waals surface area contributed by atoms with Crippen molar-refractivity contribution in [3.05, 3.63) is 111 Å². The summed E-state index contributed by atoms with van der Waals surface area (Å²) in [7, 11) is 1.43. The van der Waals surface area contributed by atoms with Crippen LogP contribution < -0.4 is 19.7 Å². The van der Waals surface area contributed by atoms with Gasteiger partial charge in [-0.2, -0.15) is 0 Å². The van der Waals surface area contributed by atoms with Gasteiger partial charge in [-0.3, -0.25) is 25.0 Å². The molecule has 0 spiro atoms. The van der Waals surface area contributed by atoms with Gasteiger partial charge in [-0.05, 0) is 52.2 Å². The van der Waals surface area contributed by atoms with Crippen LogP contribution in [0, 0.1) is 10.1 Å². The van der Waals surface area contributed by atoms with Crippen molar-refractivity contribution in [3.63, 3.8) is 0 Å². The van der Waals surface area contributed by atoms with E-state index >= 15 is 0 Å². The van der Waals surface area contributed by atoms with Crippen molar-refractivity contribution >= 4 is 57.7 Å². The molecule has 0 unspecified atom stereocenters. The van der Waals surface area contributed by atoms with Crippen molar-refractivity contribution in [2.45, 2.75) is 6.61 Å². The van der Waals surface area contributed by atoms with Gasteiger partial charge in [0.15, 0.2) is 11.5 Å². The zero-order valence-electron chi connectivity index (χ0n) is 20.9. The van der Waals surface area contributed by atoms with Gasteiger partial charge in [0.2, 0.25) is 0 Å². The number of rotatable bonds is 7. The standard InChI is InChI=1S/C29H20ClN3O7/c1-39-25-15-17(14-24(30)26(25)40-16-19-7-4-6-18-5-2-3-8-22(18)19)13-23-27(34)31-29(36)32(28(23)35)20-9-11-21(12-10-20)33(37)38/h2-15H,16H2,1H3,(H,31,34,36)/b23-13+. The van der Waals surface area contributed by atoms with Crippen LogP contribution in [0.25, 0.3) is 16.8 Å². The number of nitrogens with one attached hydrogen (secondary N) is 1. The molecule has 0 aliphatic carbocycles. The van der Waals surface area contributed by atoms with E-state index in [9.17, 15) is 24.5 Å². The third-order valence-electron chi connectivity index (χ3n) is 6.24. The van der Waals surface area contributed by atoms with E-state index in [1.54, 1.807) is 6.07 Å². The fourth-order valence-corrected chi connectivity index (χ4v) is 4.59. The van der Waals surface area contributed by atoms with Crippen molar-refractivity contribution in [1.29, 1.82) is 0 Å². The molecule has 11 heteroatoms. The molecule has 0 bridgehead atoms. The Morgan fingerprint density at radius 3 is 2.45 bits per heavy atom. The average molecular weight is 558 g/mol. The fraction of sp³-hybridized carbons (Fsp3) is 0.0690. The first-order valence-corrected chi connectivity index (χ1v) is 12.3. The first-order valence-electron chi connectivity index (χ1n) is 11.9. The minimum absolute atomic E-state index is 0.0549. The first kappa shape index (κ1) is 26.4. The van der Waals surface area contributed by atoms with Crippen LogP contribution in [0.4, 0.5) is 16.2 Å². The van der Waals surface area contributed by atoms with Crippen LogP contribution in [0.1, 0.15) is 11.1 Å². The molecule has 0 saturated carbocycles. The number of nitrogens with zero attached hydrogens (tertiary/aromatic N) is 2. The molecule has 5 rings (SSSR count). The van der Waals surface area contributed by atoms with Crippen molar-refractivity contribution in [3.8, 4) is 11.5 Å². The number of barbiturate groups is 1. The molecule has 1 aliphatic rings. The van der Waals surface area contributed by atoms with E-state index in [0.717, 1.165) is 33.4 Å². The number of imide groups is 2. The van der Waals surface area contributed by atoms with E-state index in [1.807, 2.05) is 42.5 Å². The van der Waals surface area contributed by atoms with E-state index in [4.69, 9.17) is 21.1 Å². The Bertz CT molecular complexity index is 1710. The van der Waals surface area contributed by atoms with E-state index < -0.39 is 22.8 Å². The molecule has 4 aromatic rings. The third kappa shape index (κ3) is 5.07. The number of fused-ring (bicyclic) bond motifs is 1. The number of nitro groups is 1. The number of carbonyl (C=O) groups is 3. The maximum atomic E-state index is 13.2. The number of carbonyl (C=O) groups excluding carboxylic acids is 3. The summed E-state index contributed by atoms with van der Waals surface area (Å²) < 4.78 is 11.5. The quantitative estimate of drug-likeness (QED) is 0.134. The monoisotopic (exact) mass is 557 g/mol. The topological polar surface area (TPSA) is 128 Å². The molecule has 1 N–H and O–H groups in total. The summed E-state index contributed by atoms with van der Waals surface area (Å²) in [6.07, 6.45) is 1.27. The number of halogens is 1. The molecule has 1 fully saturated rings. The van der Waals surface area contributed by atoms with E-state index in [-0.39, 0.29) is 40.1 Å². The first-order chi connectivity index (χ1) is 19.3. The number of ether oxygens (including phenoxy) is 2. The Balaban J connectivity index is 1.43. The highest BCUT2D eigenvalue weighted by Gasteiger charge is 2.37. The Kier molecular flexibility index (Phi) is 7.17. The third-order valence-corrected chi connectivity index (χ3v) is 6.52. The molecule has 200 valence electrons. The number of amides is 4. The number of urea groups is 1. The van der Waals surface area contributed by atoms with Gasteiger partial charge in [0.1, 0.15) is 12.2 Å². The van der Waals surface area contributed by atoms with E-state index in [1.165, 1.54) is 31.4 Å². The van der Waals surface area contributed by atoms with Crippen molar-refractivity contribution in [1.82, 2.24) is 5.32 Å². The lowest BCUT2D eigenvalue weighted by atomic mass is 10.1. The highest BCUT2D eigenvalue weighted by atomic mass is 35.5. The van der Waals surface area contributed by atoms with E-state index in [0.29, 0.717) is 5.56 Å². The molecule has 10 nitrogen and oxygen atoms in total. The van der Waals surface area contributed by atoms with Gasteiger partial charge in [0.05, 0.1) is 22.7 Å². The molecule has 1 heterocycles. The predicted octanol–water partition coefficient (Wildman–Crippen LogP) is 5.66. The Hall–Kier alpha value is -5.22. The van der Waals surface area contributed by atoms with Crippen LogP contribution in [0.15, 0.2) is 84.4 Å². The Morgan fingerprint density at radius 1 is 1.00 bits per heavy atom. The van der Waals surface area contributed by atoms with Gasteiger partial charge < -0.3 is 9.47 Å². The molecule has 0 radical (unpaired) electrons. The molecular formula is C29H20ClN3O7. The molecule has 4 amide bonds. The SMILES string of the molecule is COc1cc(/C=C2\C(=O)NC(=O)N(c3ccc([N+](=O)[O-])cc3)C2=O)cc(Cl)c1OCc1cccc2ccccc12. The highest BCUT2D eigenvalue weighted by Crippen LogP contribution is 2.38. The van der Waals surface area contributed by atoms with Gasteiger partial charge in [0.25, 0.3) is 17.5 Å². The number of hydrogen-bond acceptors (Lipinski definition) is 7. The summed E-state index contributed by atoms with van der Waals surface area (Å²) in [6, 6.07) is 20.7. The van der Waals surface area contributed by atoms with Crippen LogP contribution in [-0.4, -0.2) is 29.9 Å². The number of nitro benzene ring substituents is 1. The van der Waals surface area contributed by atoms with Gasteiger partial charge in [-0.1, -0.05) is 54.1 Å². The molecule has 40 heavy (non-hydrogen) atoms. The fourth-order valence-electron chi connectivity index (χ4n) is 4.31. The Labute approximate surface area is 232 Å². The van der Waals surface area contributed by atoms with Gasteiger partial charge in [-0.25, -0.2) is 9.69 Å². The smallest absolute Gasteiger partial charge is 0.335 e. The minimum atomic E-state index is -0.978. The highest BCUT2D eigenvalue weighted by molar-refractivity contribution is 6.39. The lowest BCUT2D eigenvalue weighted by molar-refractivity contribution is -0.384. The van der Waals surface area contributed by atoms with Crippen molar-refractivity contribution in [2.24, 2.45) is 0 Å². The molecule has 0 aromatic heterocycles. The normalized spacial score (nSPS) is 14.4. The summed E-state index contributed by atoms with van der Waals surface area (Å²) in [4.78, 5) is 49.3. The average Bonchev–Trinajstić information content (AvgIpc) is 2.94. The molecule has 0 atom stereocenters. The predicted molar refractivity (Wildman–Crippen MR) is 148 cm³/mol. The summed E-state index contributed by atoms with van der Waals surface area (Å²) in [5.74, 6) is -1.26. The van der Waals surface area contributed by atoms with Crippen LogP contribution in [-0.2, 0) is 16.2 Å². The number of benzene rings is 4. The lowest BCUT2D eigenvalue weighted by Crippen LogP contribution is -2.54. The van der Waals surface area contributed by atoms with Crippen molar-refractivity contribution < 1.29 is 28.8 Å². The molecule has 1 aliphatic heterocycles. The van der Waals surface area contributed by atoms with Gasteiger partial charge in [-0.15, -0.1) is 0 Å². The second-order valence-electron chi connectivity index (χ2n) is 8.69. The van der Waals surface area contributed by atoms with Crippen LogP contribution in [0.3, 0.4) is 0 Å².